The Bertz CT molecular complexity index is 1050. The summed E-state index contributed by atoms with van der Waals surface area (Å²) in [5.74, 6) is -0.427. The van der Waals surface area contributed by atoms with Gasteiger partial charge in [-0.1, -0.05) is 42.0 Å². The second-order valence-corrected chi connectivity index (χ2v) is 10.2. The third kappa shape index (κ3) is 4.24. The van der Waals surface area contributed by atoms with Gasteiger partial charge in [-0.05, 0) is 56.8 Å². The van der Waals surface area contributed by atoms with E-state index < -0.39 is 10.7 Å². The summed E-state index contributed by atoms with van der Waals surface area (Å²) in [6.07, 6.45) is 3.46. The van der Waals surface area contributed by atoms with E-state index in [-0.39, 0.29) is 11.6 Å². The van der Waals surface area contributed by atoms with Crippen molar-refractivity contribution in [2.45, 2.75) is 50.0 Å². The highest BCUT2D eigenvalue weighted by Gasteiger charge is 2.48. The van der Waals surface area contributed by atoms with Crippen LogP contribution >= 0.6 is 12.2 Å². The molecule has 0 spiro atoms. The summed E-state index contributed by atoms with van der Waals surface area (Å²) >= 11 is 6.04. The van der Waals surface area contributed by atoms with Crippen molar-refractivity contribution in [3.63, 3.8) is 0 Å². The van der Waals surface area contributed by atoms with Crippen LogP contribution < -0.4 is 5.32 Å². The predicted molar refractivity (Wildman–Crippen MR) is 134 cm³/mol. The zero-order chi connectivity index (χ0) is 23.9. The molecule has 4 atom stereocenters. The molecule has 5 rings (SSSR count). The molecule has 0 amide bonds. The van der Waals surface area contributed by atoms with Gasteiger partial charge in [-0.25, -0.2) is 0 Å². The molecule has 0 saturated carbocycles. The number of thiocarbonyl (C=S) groups is 1. The molecule has 0 unspecified atom stereocenters. The van der Waals surface area contributed by atoms with E-state index in [2.05, 4.69) is 48.5 Å². The number of nitro benzene ring substituents is 1. The lowest BCUT2D eigenvalue weighted by Gasteiger charge is -2.44. The van der Waals surface area contributed by atoms with Crippen LogP contribution in [0.25, 0.3) is 0 Å². The molecule has 3 aliphatic rings. The number of benzene rings is 2. The predicted octanol–water partition coefficient (Wildman–Crippen LogP) is 4.29. The van der Waals surface area contributed by atoms with Gasteiger partial charge in [0.15, 0.2) is 0 Å². The van der Waals surface area contributed by atoms with E-state index in [0.29, 0.717) is 37.8 Å². The Morgan fingerprint density at radius 3 is 2.47 bits per heavy atom. The Morgan fingerprint density at radius 1 is 1.15 bits per heavy atom. The van der Waals surface area contributed by atoms with Crippen LogP contribution in [0.2, 0.25) is 0 Å². The number of aryl methyl sites for hydroxylation is 1. The van der Waals surface area contributed by atoms with E-state index >= 15 is 0 Å². The van der Waals surface area contributed by atoms with Crippen LogP contribution in [0.3, 0.4) is 0 Å². The summed E-state index contributed by atoms with van der Waals surface area (Å²) in [5.41, 5.74) is 3.41. The molecule has 3 fully saturated rings. The fraction of sp³-hybridized carbons (Fsp3) is 0.500. The number of hydrogen-bond acceptors (Lipinski definition) is 6. The Morgan fingerprint density at radius 2 is 1.82 bits per heavy atom. The number of nitrogens with one attached hydrogen (secondary N) is 1. The molecule has 7 nitrogen and oxygen atoms in total. The molecular formula is C26H31N3O4S. The first-order chi connectivity index (χ1) is 16.4. The number of hydrogen-bond donors (Lipinski definition) is 1. The van der Waals surface area contributed by atoms with E-state index in [0.717, 1.165) is 23.4 Å². The molecular weight excluding hydrogens is 450 g/mol. The highest BCUT2D eigenvalue weighted by molar-refractivity contribution is 7.80. The quantitative estimate of drug-likeness (QED) is 0.375. The number of nitrogens with zero attached hydrogens (tertiary/aromatic N) is 2. The molecule has 34 heavy (non-hydrogen) atoms. The molecule has 2 aromatic rings. The third-order valence-electron chi connectivity index (χ3n) is 7.84. The molecule has 2 bridgehead atoms. The monoisotopic (exact) mass is 481 g/mol. The minimum absolute atomic E-state index is 0.0438. The van der Waals surface area contributed by atoms with E-state index in [1.807, 2.05) is 0 Å². The standard InChI is InChI=1S/C26H31N3O4S/c1-17-3-5-18(6-4-17)22-15-21-11-12-23(28(21)2)24(22)25(34)27-16-26(32-13-14-33-26)19-7-9-20(10-8-19)29(30)31/h3-10,21-24H,11-16H2,1-2H3,(H,27,34)/t21-,22+,23+,24-/m0/s1. The van der Waals surface area contributed by atoms with Gasteiger partial charge < -0.3 is 14.8 Å². The fourth-order valence-corrected chi connectivity index (χ4v) is 6.36. The summed E-state index contributed by atoms with van der Waals surface area (Å²) in [7, 11) is 2.23. The largest absolute Gasteiger partial charge is 0.374 e. The molecule has 0 radical (unpaired) electrons. The normalized spacial score (nSPS) is 28.1. The summed E-state index contributed by atoms with van der Waals surface area (Å²) in [5, 5.41) is 14.6. The van der Waals surface area contributed by atoms with Crippen molar-refractivity contribution in [3.05, 3.63) is 75.3 Å². The molecule has 0 aromatic heterocycles. The molecule has 8 heteroatoms. The maximum Gasteiger partial charge on any atom is 0.269 e. The van der Waals surface area contributed by atoms with E-state index in [9.17, 15) is 10.1 Å². The van der Waals surface area contributed by atoms with Crippen LogP contribution in [0.15, 0.2) is 48.5 Å². The first-order valence-electron chi connectivity index (χ1n) is 12.0. The Hall–Kier alpha value is -2.39. The Kier molecular flexibility index (Phi) is 6.41. The number of ether oxygens (including phenoxy) is 2. The van der Waals surface area contributed by atoms with Gasteiger partial charge in [-0.3, -0.25) is 15.0 Å². The van der Waals surface area contributed by atoms with E-state index in [1.54, 1.807) is 12.1 Å². The van der Waals surface area contributed by atoms with E-state index in [4.69, 9.17) is 21.7 Å². The van der Waals surface area contributed by atoms with Crippen molar-refractivity contribution in [2.24, 2.45) is 5.92 Å². The van der Waals surface area contributed by atoms with E-state index in [1.165, 1.54) is 29.7 Å². The van der Waals surface area contributed by atoms with Crippen LogP contribution in [0.4, 0.5) is 5.69 Å². The van der Waals surface area contributed by atoms with Gasteiger partial charge in [0, 0.05) is 35.7 Å². The third-order valence-corrected chi connectivity index (χ3v) is 8.26. The first kappa shape index (κ1) is 23.4. The molecule has 2 aromatic carbocycles. The SMILES string of the molecule is Cc1ccc([C@H]2C[C@@H]3CC[C@H]([C@H]2C(=S)NCC2(c4ccc([N+](=O)[O-])cc4)OCCO2)N3C)cc1. The molecule has 3 aliphatic heterocycles. The lowest BCUT2D eigenvalue weighted by atomic mass is 9.76. The highest BCUT2D eigenvalue weighted by Crippen LogP contribution is 2.46. The average Bonchev–Trinajstić information content (AvgIpc) is 3.40. The fourth-order valence-electron chi connectivity index (χ4n) is 5.96. The Labute approximate surface area is 205 Å². The first-order valence-corrected chi connectivity index (χ1v) is 12.4. The number of non-ortho nitro benzene ring substituents is 1. The maximum absolute atomic E-state index is 11.1. The molecule has 3 saturated heterocycles. The average molecular weight is 482 g/mol. The Balaban J connectivity index is 1.37. The van der Waals surface area contributed by atoms with Crippen LogP contribution in [-0.2, 0) is 15.3 Å². The second-order valence-electron chi connectivity index (χ2n) is 9.71. The lowest BCUT2D eigenvalue weighted by molar-refractivity contribution is -0.384. The topological polar surface area (TPSA) is 76.9 Å². The number of nitro groups is 1. The van der Waals surface area contributed by atoms with Crippen molar-refractivity contribution in [1.82, 2.24) is 10.2 Å². The van der Waals surface area contributed by atoms with Gasteiger partial charge in [-0.2, -0.15) is 0 Å². The minimum Gasteiger partial charge on any atom is -0.374 e. The number of fused-ring (bicyclic) bond motifs is 2. The minimum atomic E-state index is -1.00. The van der Waals surface area contributed by atoms with Crippen molar-refractivity contribution < 1.29 is 14.4 Å². The molecule has 3 heterocycles. The number of piperidine rings is 1. The van der Waals surface area contributed by atoms with Crippen LogP contribution in [0, 0.1) is 23.0 Å². The van der Waals surface area contributed by atoms with Crippen molar-refractivity contribution in [2.75, 3.05) is 26.8 Å². The van der Waals surface area contributed by atoms with Crippen LogP contribution in [0.1, 0.15) is 41.9 Å². The van der Waals surface area contributed by atoms with Crippen molar-refractivity contribution in [3.8, 4) is 0 Å². The van der Waals surface area contributed by atoms with Crippen LogP contribution in [-0.4, -0.2) is 53.7 Å². The van der Waals surface area contributed by atoms with Crippen molar-refractivity contribution in [1.29, 1.82) is 0 Å². The van der Waals surface area contributed by atoms with Crippen molar-refractivity contribution >= 4 is 22.9 Å². The second kappa shape index (κ2) is 9.34. The summed E-state index contributed by atoms with van der Waals surface area (Å²) in [4.78, 5) is 14.0. The van der Waals surface area contributed by atoms with Gasteiger partial charge in [-0.15, -0.1) is 0 Å². The summed E-state index contributed by atoms with van der Waals surface area (Å²) < 4.78 is 12.1. The van der Waals surface area contributed by atoms with Gasteiger partial charge >= 0.3 is 0 Å². The van der Waals surface area contributed by atoms with Gasteiger partial charge in [0.1, 0.15) is 0 Å². The van der Waals surface area contributed by atoms with Gasteiger partial charge in [0.25, 0.3) is 5.69 Å². The molecule has 180 valence electrons. The maximum atomic E-state index is 11.1. The highest BCUT2D eigenvalue weighted by atomic mass is 32.1. The zero-order valence-corrected chi connectivity index (χ0v) is 20.4. The smallest absolute Gasteiger partial charge is 0.269 e. The van der Waals surface area contributed by atoms with Gasteiger partial charge in [0.2, 0.25) is 5.79 Å². The number of rotatable bonds is 6. The lowest BCUT2D eigenvalue weighted by Crippen LogP contribution is -2.52. The summed E-state index contributed by atoms with van der Waals surface area (Å²) in [6.45, 7) is 3.41. The van der Waals surface area contributed by atoms with Crippen LogP contribution in [0.5, 0.6) is 0 Å². The zero-order valence-electron chi connectivity index (χ0n) is 19.6. The molecule has 0 aliphatic carbocycles. The molecule has 1 N–H and O–H groups in total. The summed E-state index contributed by atoms with van der Waals surface area (Å²) in [6, 6.07) is 16.3. The van der Waals surface area contributed by atoms with Gasteiger partial charge in [0.05, 0.1) is 29.7 Å².